The van der Waals surface area contributed by atoms with E-state index in [1.807, 2.05) is 12.1 Å². The van der Waals surface area contributed by atoms with Gasteiger partial charge in [-0.2, -0.15) is 0 Å². The molecule has 5 nitrogen and oxygen atoms in total. The zero-order chi connectivity index (χ0) is 16.0. The molecule has 4 aliphatic rings. The van der Waals surface area contributed by atoms with Gasteiger partial charge in [0.1, 0.15) is 17.5 Å². The lowest BCUT2D eigenvalue weighted by Crippen LogP contribution is -3.14. The van der Waals surface area contributed by atoms with Crippen molar-refractivity contribution in [3.63, 3.8) is 0 Å². The third kappa shape index (κ3) is 2.37. The molecule has 0 aromatic heterocycles. The molecule has 1 atom stereocenters. The van der Waals surface area contributed by atoms with E-state index in [0.717, 1.165) is 17.1 Å². The summed E-state index contributed by atoms with van der Waals surface area (Å²) in [5, 5.41) is 7.57. The van der Waals surface area contributed by atoms with Gasteiger partial charge in [0.05, 0.1) is 33.0 Å². The number of hydrogen-bond acceptors (Lipinski definition) is 3. The van der Waals surface area contributed by atoms with Crippen LogP contribution in [-0.2, 0) is 0 Å². The summed E-state index contributed by atoms with van der Waals surface area (Å²) in [4.78, 5) is 1.56. The summed E-state index contributed by atoms with van der Waals surface area (Å²) in [7, 11) is 3.40. The quantitative estimate of drug-likeness (QED) is 0.713. The van der Waals surface area contributed by atoms with Gasteiger partial charge in [-0.05, 0) is 30.4 Å². The molecule has 0 spiro atoms. The lowest BCUT2D eigenvalue weighted by Gasteiger charge is -2.45. The third-order valence-electron chi connectivity index (χ3n) is 5.23. The Labute approximate surface area is 141 Å². The second-order valence-corrected chi connectivity index (χ2v) is 6.75. The topological polar surface area (TPSA) is 47.0 Å². The molecule has 0 unspecified atom stereocenters. The first-order chi connectivity index (χ1) is 11.2. The van der Waals surface area contributed by atoms with Gasteiger partial charge in [-0.25, -0.2) is 0 Å². The highest BCUT2D eigenvalue weighted by Gasteiger charge is 2.45. The number of fused-ring (bicyclic) bond motifs is 2. The second kappa shape index (κ2) is 5.69. The molecule has 3 N–H and O–H groups in total. The Morgan fingerprint density at radius 2 is 1.96 bits per heavy atom. The van der Waals surface area contributed by atoms with Crippen molar-refractivity contribution in [3.8, 4) is 11.5 Å². The van der Waals surface area contributed by atoms with Gasteiger partial charge in [-0.1, -0.05) is 0 Å². The monoisotopic (exact) mass is 332 g/mol. The Balaban J connectivity index is 1.84. The minimum Gasteiger partial charge on any atom is -0.497 e. The molecular formula is C17H22N3O2S+. The number of nitrogens with one attached hydrogen (secondary N) is 3. The van der Waals surface area contributed by atoms with Gasteiger partial charge in [0.25, 0.3) is 0 Å². The molecule has 4 heterocycles. The van der Waals surface area contributed by atoms with Crippen LogP contribution in [0.5, 0.6) is 11.5 Å². The van der Waals surface area contributed by atoms with Gasteiger partial charge in [0, 0.05) is 24.3 Å². The van der Waals surface area contributed by atoms with Crippen molar-refractivity contribution in [2.75, 3.05) is 27.3 Å². The highest BCUT2D eigenvalue weighted by atomic mass is 32.1. The van der Waals surface area contributed by atoms with E-state index in [-0.39, 0.29) is 6.04 Å². The molecule has 0 amide bonds. The third-order valence-corrected chi connectivity index (χ3v) is 5.45. The first-order valence-electron chi connectivity index (χ1n) is 8.10. The molecule has 1 aromatic carbocycles. The smallest absolute Gasteiger partial charge is 0.171 e. The summed E-state index contributed by atoms with van der Waals surface area (Å²) in [5.41, 5.74) is 3.81. The van der Waals surface area contributed by atoms with Gasteiger partial charge in [0.2, 0.25) is 0 Å². The van der Waals surface area contributed by atoms with Crippen LogP contribution in [0.3, 0.4) is 0 Å². The van der Waals surface area contributed by atoms with Crippen LogP contribution in [0.1, 0.15) is 24.4 Å². The maximum Gasteiger partial charge on any atom is 0.171 e. The average Bonchev–Trinajstić information content (AvgIpc) is 2.61. The largest absolute Gasteiger partial charge is 0.497 e. The molecule has 122 valence electrons. The van der Waals surface area contributed by atoms with Gasteiger partial charge in [-0.15, -0.1) is 0 Å². The fourth-order valence-corrected chi connectivity index (χ4v) is 4.35. The standard InChI is InChI=1S/C17H21N3O2S/c1-21-11-3-4-13(22-2)12(9-11)15-16-14(18-17(23)19-15)10-5-7-20(16)8-6-10/h3-4,9-10,15H,5-8H2,1-2H3,(H2,18,19,23)/p+1/t15-/m0/s1. The minimum absolute atomic E-state index is 0.0434. The molecule has 0 radical (unpaired) electrons. The average molecular weight is 332 g/mol. The molecule has 1 fully saturated rings. The lowest BCUT2D eigenvalue weighted by atomic mass is 9.82. The van der Waals surface area contributed by atoms with Crippen molar-refractivity contribution in [1.82, 2.24) is 10.6 Å². The van der Waals surface area contributed by atoms with Crippen LogP contribution in [0.4, 0.5) is 0 Å². The zero-order valence-corrected chi connectivity index (χ0v) is 14.3. The number of benzene rings is 1. The Morgan fingerprint density at radius 1 is 1.17 bits per heavy atom. The Hall–Kier alpha value is -1.79. The van der Waals surface area contributed by atoms with E-state index in [2.05, 4.69) is 16.7 Å². The molecule has 6 heteroatoms. The Morgan fingerprint density at radius 3 is 2.65 bits per heavy atom. The van der Waals surface area contributed by atoms with Crippen LogP contribution in [0.15, 0.2) is 29.6 Å². The summed E-state index contributed by atoms with van der Waals surface area (Å²) in [6, 6.07) is 5.99. The summed E-state index contributed by atoms with van der Waals surface area (Å²) in [6.07, 6.45) is 2.48. The first kappa shape index (κ1) is 14.8. The van der Waals surface area contributed by atoms with Crippen molar-refractivity contribution in [3.05, 3.63) is 35.2 Å². The van der Waals surface area contributed by atoms with E-state index in [0.29, 0.717) is 11.0 Å². The summed E-state index contributed by atoms with van der Waals surface area (Å²) in [6.45, 7) is 2.39. The van der Waals surface area contributed by atoms with E-state index in [4.69, 9.17) is 21.7 Å². The normalized spacial score (nSPS) is 28.8. The van der Waals surface area contributed by atoms with Crippen LogP contribution in [0.2, 0.25) is 0 Å². The zero-order valence-electron chi connectivity index (χ0n) is 13.4. The Bertz CT molecular complexity index is 680. The van der Waals surface area contributed by atoms with Crippen LogP contribution >= 0.6 is 12.2 Å². The van der Waals surface area contributed by atoms with E-state index in [9.17, 15) is 0 Å². The maximum atomic E-state index is 5.60. The second-order valence-electron chi connectivity index (χ2n) is 6.34. The SMILES string of the molecule is COc1ccc(OC)c([C@@H]2NC(=S)NC3=C2[NH+]2CCC3CC2)c1. The molecule has 1 aromatic rings. The molecular weight excluding hydrogens is 310 g/mol. The fourth-order valence-electron chi connectivity index (χ4n) is 4.12. The van der Waals surface area contributed by atoms with E-state index in [1.165, 1.54) is 37.3 Å². The number of piperidine rings is 1. The van der Waals surface area contributed by atoms with Crippen molar-refractivity contribution in [2.45, 2.75) is 18.9 Å². The maximum absolute atomic E-state index is 5.60. The molecule has 0 saturated carbocycles. The van der Waals surface area contributed by atoms with E-state index < -0.39 is 0 Å². The molecule has 2 bridgehead atoms. The van der Waals surface area contributed by atoms with Crippen molar-refractivity contribution in [2.24, 2.45) is 5.92 Å². The van der Waals surface area contributed by atoms with Crippen molar-refractivity contribution >= 4 is 17.3 Å². The van der Waals surface area contributed by atoms with Crippen molar-refractivity contribution in [1.29, 1.82) is 0 Å². The van der Waals surface area contributed by atoms with Crippen LogP contribution in [0, 0.1) is 5.92 Å². The van der Waals surface area contributed by atoms with Gasteiger partial charge in [0.15, 0.2) is 10.8 Å². The number of rotatable bonds is 3. The fraction of sp³-hybridized carbons (Fsp3) is 0.471. The molecule has 1 saturated heterocycles. The number of thiocarbonyl (C=S) groups is 1. The molecule has 0 aliphatic carbocycles. The predicted molar refractivity (Wildman–Crippen MR) is 91.6 cm³/mol. The minimum atomic E-state index is 0.0434. The Kier molecular flexibility index (Phi) is 3.66. The predicted octanol–water partition coefficient (Wildman–Crippen LogP) is 0.743. The van der Waals surface area contributed by atoms with Gasteiger partial charge < -0.3 is 25.0 Å². The van der Waals surface area contributed by atoms with Gasteiger partial charge in [-0.3, -0.25) is 0 Å². The molecule has 4 aliphatic heterocycles. The van der Waals surface area contributed by atoms with E-state index in [1.54, 1.807) is 19.1 Å². The summed E-state index contributed by atoms with van der Waals surface area (Å²) in [5.74, 6) is 2.31. The van der Waals surface area contributed by atoms with E-state index >= 15 is 0 Å². The van der Waals surface area contributed by atoms with Crippen LogP contribution < -0.4 is 25.0 Å². The number of allylic oxidation sites excluding steroid dienone is 1. The highest BCUT2D eigenvalue weighted by Crippen LogP contribution is 2.37. The van der Waals surface area contributed by atoms with Crippen molar-refractivity contribution < 1.29 is 14.4 Å². The lowest BCUT2D eigenvalue weighted by molar-refractivity contribution is -0.875. The number of methoxy groups -OCH3 is 2. The number of ether oxygens (including phenoxy) is 2. The van der Waals surface area contributed by atoms with Crippen LogP contribution in [-0.4, -0.2) is 32.4 Å². The highest BCUT2D eigenvalue weighted by molar-refractivity contribution is 7.80. The van der Waals surface area contributed by atoms with Crippen LogP contribution in [0.25, 0.3) is 0 Å². The van der Waals surface area contributed by atoms with Gasteiger partial charge >= 0.3 is 0 Å². The summed E-state index contributed by atoms with van der Waals surface area (Å²) >= 11 is 5.47. The first-order valence-corrected chi connectivity index (χ1v) is 8.50. The molecule has 23 heavy (non-hydrogen) atoms. The summed E-state index contributed by atoms with van der Waals surface area (Å²) < 4.78 is 11.0. The number of quaternary nitrogens is 1. The molecule has 5 rings (SSSR count). The number of hydrogen-bond donors (Lipinski definition) is 3.